The highest BCUT2D eigenvalue weighted by molar-refractivity contribution is 6.06. The second-order valence-electron chi connectivity index (χ2n) is 5.83. The molecule has 3 aromatic rings. The van der Waals surface area contributed by atoms with Crippen LogP contribution in [0.25, 0.3) is 10.9 Å². The number of amides is 3. The van der Waals surface area contributed by atoms with Crippen LogP contribution >= 0.6 is 0 Å². The largest absolute Gasteiger partial charge is 0.352 e. The molecule has 1 aromatic heterocycles. The Labute approximate surface area is 149 Å². The van der Waals surface area contributed by atoms with E-state index in [1.165, 1.54) is 12.1 Å². The van der Waals surface area contributed by atoms with Gasteiger partial charge in [-0.3, -0.25) is 9.78 Å². The first-order chi connectivity index (χ1) is 12.4. The number of fused-ring (bicyclic) bond motifs is 1. The van der Waals surface area contributed by atoms with Gasteiger partial charge in [-0.2, -0.15) is 0 Å². The number of carbonyl (C=O) groups is 2. The quantitative estimate of drug-likeness (QED) is 0.673. The van der Waals surface area contributed by atoms with E-state index in [0.717, 1.165) is 5.56 Å². The zero-order valence-electron chi connectivity index (χ0n) is 14.0. The first-order valence-electron chi connectivity index (χ1n) is 7.93. The first-order valence-corrected chi connectivity index (χ1v) is 7.93. The number of hydrogen-bond donors (Lipinski definition) is 3. The fourth-order valence-corrected chi connectivity index (χ4v) is 2.56. The number of halogens is 1. The van der Waals surface area contributed by atoms with Crippen molar-refractivity contribution in [3.63, 3.8) is 0 Å². The lowest BCUT2D eigenvalue weighted by atomic mass is 10.1. The zero-order chi connectivity index (χ0) is 18.7. The highest BCUT2D eigenvalue weighted by Crippen LogP contribution is 2.19. The number of hydrogen-bond acceptors (Lipinski definition) is 3. The summed E-state index contributed by atoms with van der Waals surface area (Å²) in [6.07, 6.45) is 0. The molecule has 7 heteroatoms. The van der Waals surface area contributed by atoms with Gasteiger partial charge in [0.05, 0.1) is 16.8 Å². The minimum Gasteiger partial charge on any atom is -0.352 e. The molecule has 0 spiro atoms. The number of aryl methyl sites for hydroxylation is 1. The molecule has 6 nitrogen and oxygen atoms in total. The molecule has 0 aliphatic rings. The van der Waals surface area contributed by atoms with Gasteiger partial charge in [0.2, 0.25) is 0 Å². The molecule has 0 radical (unpaired) electrons. The number of nitrogens with two attached hydrogens (primary N) is 1. The van der Waals surface area contributed by atoms with Crippen molar-refractivity contribution in [1.29, 1.82) is 0 Å². The van der Waals surface area contributed by atoms with E-state index >= 15 is 0 Å². The molecular weight excluding hydrogens is 335 g/mol. The lowest BCUT2D eigenvalue weighted by molar-refractivity contribution is 0.102. The molecule has 0 fully saturated rings. The van der Waals surface area contributed by atoms with Crippen LogP contribution in [0.2, 0.25) is 0 Å². The van der Waals surface area contributed by atoms with Crippen LogP contribution in [0.15, 0.2) is 48.5 Å². The maximum atomic E-state index is 13.3. The molecule has 0 unspecified atom stereocenters. The lowest BCUT2D eigenvalue weighted by Crippen LogP contribution is -2.28. The molecule has 0 saturated heterocycles. The van der Waals surface area contributed by atoms with E-state index in [2.05, 4.69) is 15.6 Å². The predicted octanol–water partition coefficient (Wildman–Crippen LogP) is 3.10. The van der Waals surface area contributed by atoms with Crippen molar-refractivity contribution in [2.45, 2.75) is 13.5 Å². The van der Waals surface area contributed by atoms with Crippen LogP contribution < -0.4 is 16.4 Å². The standard InChI is InChI=1S/C19H17FN4O2/c1-11-16(8-13-4-5-14(20)9-17(13)23-11)18(25)24-15-6-2-12(3-7-15)10-22-19(21)26/h2-9H,10H2,1H3,(H,24,25)(H3,21,22,26). The molecule has 0 bridgehead atoms. The normalized spacial score (nSPS) is 10.5. The number of benzene rings is 2. The van der Waals surface area contributed by atoms with Crippen LogP contribution in [0.4, 0.5) is 14.9 Å². The smallest absolute Gasteiger partial charge is 0.312 e. The summed E-state index contributed by atoms with van der Waals surface area (Å²) in [5, 5.41) is 5.98. The second kappa shape index (κ2) is 7.18. The van der Waals surface area contributed by atoms with Crippen LogP contribution in [-0.2, 0) is 6.54 Å². The number of carbonyl (C=O) groups excluding carboxylic acids is 2. The van der Waals surface area contributed by atoms with Crippen molar-refractivity contribution < 1.29 is 14.0 Å². The van der Waals surface area contributed by atoms with E-state index < -0.39 is 6.03 Å². The van der Waals surface area contributed by atoms with Gasteiger partial charge < -0.3 is 16.4 Å². The van der Waals surface area contributed by atoms with Crippen LogP contribution in [-0.4, -0.2) is 16.9 Å². The van der Waals surface area contributed by atoms with Gasteiger partial charge in [-0.05, 0) is 42.8 Å². The molecule has 0 atom stereocenters. The van der Waals surface area contributed by atoms with Crippen molar-refractivity contribution >= 4 is 28.5 Å². The Kier molecular flexibility index (Phi) is 4.79. The third-order valence-electron chi connectivity index (χ3n) is 3.89. The molecule has 132 valence electrons. The number of anilines is 1. The van der Waals surface area contributed by atoms with Gasteiger partial charge in [-0.1, -0.05) is 12.1 Å². The van der Waals surface area contributed by atoms with Crippen molar-refractivity contribution in [2.75, 3.05) is 5.32 Å². The Balaban J connectivity index is 1.77. The van der Waals surface area contributed by atoms with Crippen LogP contribution in [0.1, 0.15) is 21.6 Å². The fourth-order valence-electron chi connectivity index (χ4n) is 2.56. The average Bonchev–Trinajstić information content (AvgIpc) is 2.60. The lowest BCUT2D eigenvalue weighted by Gasteiger charge is -2.10. The Morgan fingerprint density at radius 2 is 1.85 bits per heavy atom. The number of aromatic nitrogens is 1. The Bertz CT molecular complexity index is 987. The first kappa shape index (κ1) is 17.3. The molecule has 26 heavy (non-hydrogen) atoms. The maximum Gasteiger partial charge on any atom is 0.312 e. The minimum absolute atomic E-state index is 0.302. The van der Waals surface area contributed by atoms with Gasteiger partial charge in [-0.25, -0.2) is 9.18 Å². The molecule has 3 amide bonds. The molecule has 0 aliphatic heterocycles. The molecule has 1 heterocycles. The predicted molar refractivity (Wildman–Crippen MR) is 97.3 cm³/mol. The van der Waals surface area contributed by atoms with Gasteiger partial charge in [0.1, 0.15) is 5.82 Å². The van der Waals surface area contributed by atoms with Crippen molar-refractivity contribution in [2.24, 2.45) is 5.73 Å². The summed E-state index contributed by atoms with van der Waals surface area (Å²) >= 11 is 0. The zero-order valence-corrected chi connectivity index (χ0v) is 14.0. The van der Waals surface area contributed by atoms with E-state index in [1.807, 2.05) is 0 Å². The summed E-state index contributed by atoms with van der Waals surface area (Å²) in [7, 11) is 0. The summed E-state index contributed by atoms with van der Waals surface area (Å²) < 4.78 is 13.3. The SMILES string of the molecule is Cc1nc2cc(F)ccc2cc1C(=O)Nc1ccc(CNC(N)=O)cc1. The van der Waals surface area contributed by atoms with Crippen LogP contribution in [0, 0.1) is 12.7 Å². The fraction of sp³-hybridized carbons (Fsp3) is 0.105. The number of pyridine rings is 1. The van der Waals surface area contributed by atoms with Crippen molar-refractivity contribution in [3.8, 4) is 0 Å². The van der Waals surface area contributed by atoms with E-state index in [-0.39, 0.29) is 11.7 Å². The van der Waals surface area contributed by atoms with Gasteiger partial charge in [0.15, 0.2) is 0 Å². The second-order valence-corrected chi connectivity index (χ2v) is 5.83. The van der Waals surface area contributed by atoms with Crippen molar-refractivity contribution in [1.82, 2.24) is 10.3 Å². The van der Waals surface area contributed by atoms with E-state index in [4.69, 9.17) is 5.73 Å². The van der Waals surface area contributed by atoms with E-state index in [1.54, 1.807) is 43.3 Å². The van der Waals surface area contributed by atoms with Crippen molar-refractivity contribution in [3.05, 3.63) is 71.2 Å². The number of nitrogens with one attached hydrogen (secondary N) is 2. The summed E-state index contributed by atoms with van der Waals surface area (Å²) in [6, 6.07) is 12.4. The summed E-state index contributed by atoms with van der Waals surface area (Å²) in [5.41, 5.74) is 7.93. The highest BCUT2D eigenvalue weighted by Gasteiger charge is 2.12. The summed E-state index contributed by atoms with van der Waals surface area (Å²) in [4.78, 5) is 27.6. The van der Waals surface area contributed by atoms with Gasteiger partial charge in [0.25, 0.3) is 5.91 Å². The molecule has 0 saturated carbocycles. The van der Waals surface area contributed by atoms with E-state index in [9.17, 15) is 14.0 Å². The Morgan fingerprint density at radius 3 is 2.54 bits per heavy atom. The average molecular weight is 352 g/mol. The minimum atomic E-state index is -0.596. The molecule has 0 aliphatic carbocycles. The number of primary amides is 1. The number of nitrogens with zero attached hydrogens (tertiary/aromatic N) is 1. The number of rotatable bonds is 4. The number of urea groups is 1. The third-order valence-corrected chi connectivity index (χ3v) is 3.89. The highest BCUT2D eigenvalue weighted by atomic mass is 19.1. The van der Waals surface area contributed by atoms with Gasteiger partial charge in [0, 0.05) is 23.7 Å². The topological polar surface area (TPSA) is 97.1 Å². The summed E-state index contributed by atoms with van der Waals surface area (Å²) in [5.74, 6) is -0.670. The summed E-state index contributed by atoms with van der Waals surface area (Å²) in [6.45, 7) is 2.02. The van der Waals surface area contributed by atoms with Crippen LogP contribution in [0.5, 0.6) is 0 Å². The van der Waals surface area contributed by atoms with Gasteiger partial charge >= 0.3 is 6.03 Å². The molecule has 2 aromatic carbocycles. The van der Waals surface area contributed by atoms with Crippen LogP contribution in [0.3, 0.4) is 0 Å². The Hall–Kier alpha value is -3.48. The molecule has 4 N–H and O–H groups in total. The van der Waals surface area contributed by atoms with E-state index in [0.29, 0.717) is 34.4 Å². The van der Waals surface area contributed by atoms with Gasteiger partial charge in [-0.15, -0.1) is 0 Å². The molecule has 3 rings (SSSR count). The third kappa shape index (κ3) is 3.94. The monoisotopic (exact) mass is 352 g/mol. The Morgan fingerprint density at radius 1 is 1.12 bits per heavy atom. The molecular formula is C19H17FN4O2. The maximum absolute atomic E-state index is 13.3.